The number of nitrogens with two attached hydrogens (primary N) is 1. The van der Waals surface area contributed by atoms with Crippen molar-refractivity contribution in [2.24, 2.45) is 5.73 Å². The van der Waals surface area contributed by atoms with Gasteiger partial charge in [0.2, 0.25) is 5.91 Å². The molecule has 1 aliphatic rings. The van der Waals surface area contributed by atoms with Gasteiger partial charge in [-0.15, -0.1) is 0 Å². The van der Waals surface area contributed by atoms with E-state index in [0.717, 1.165) is 5.56 Å². The van der Waals surface area contributed by atoms with Crippen LogP contribution in [0.5, 0.6) is 0 Å². The van der Waals surface area contributed by atoms with E-state index in [2.05, 4.69) is 5.32 Å². The number of rotatable bonds is 5. The normalized spacial score (nSPS) is 15.1. The number of carbonyl (C=O) groups excluding carboxylic acids is 3. The van der Waals surface area contributed by atoms with Gasteiger partial charge in [-0.1, -0.05) is 12.1 Å². The zero-order valence-corrected chi connectivity index (χ0v) is 12.2. The first-order valence-corrected chi connectivity index (χ1v) is 6.83. The van der Waals surface area contributed by atoms with E-state index in [4.69, 9.17) is 10.5 Å². The lowest BCUT2D eigenvalue weighted by molar-refractivity contribution is -0.120. The van der Waals surface area contributed by atoms with Gasteiger partial charge in [-0.25, -0.2) is 9.59 Å². The van der Waals surface area contributed by atoms with Gasteiger partial charge in [0.1, 0.15) is 12.6 Å². The second-order valence-corrected chi connectivity index (χ2v) is 4.96. The van der Waals surface area contributed by atoms with Crippen molar-refractivity contribution in [1.82, 2.24) is 10.2 Å². The van der Waals surface area contributed by atoms with Crippen LogP contribution in [-0.2, 0) is 16.1 Å². The number of hydrogen-bond donors (Lipinski definition) is 3. The molecule has 0 bridgehead atoms. The minimum atomic E-state index is -0.889. The third-order valence-corrected chi connectivity index (χ3v) is 3.17. The molecule has 1 aromatic rings. The lowest BCUT2D eigenvalue weighted by Gasteiger charge is -2.16. The predicted octanol–water partition coefficient (Wildman–Crippen LogP) is 0.634. The summed E-state index contributed by atoms with van der Waals surface area (Å²) < 4.78 is 4.88. The molecule has 4 N–H and O–H groups in total. The van der Waals surface area contributed by atoms with Crippen molar-refractivity contribution in [2.75, 3.05) is 18.5 Å². The third-order valence-electron chi connectivity index (χ3n) is 3.17. The number of hydrogen-bond acceptors (Lipinski definition) is 5. The molecule has 118 valence electrons. The van der Waals surface area contributed by atoms with Gasteiger partial charge in [-0.05, 0) is 24.6 Å². The fraction of sp³-hybridized carbons (Fsp3) is 0.357. The summed E-state index contributed by atoms with van der Waals surface area (Å²) in [5, 5.41) is 4.98. The molecule has 8 heteroatoms. The van der Waals surface area contributed by atoms with E-state index in [1.54, 1.807) is 17.9 Å². The van der Waals surface area contributed by atoms with E-state index in [1.807, 2.05) is 23.5 Å². The highest BCUT2D eigenvalue weighted by atomic mass is 16.6. The number of carbonyl (C=O) groups is 3. The summed E-state index contributed by atoms with van der Waals surface area (Å²) in [6, 6.07) is 5.81. The first-order chi connectivity index (χ1) is 10.5. The van der Waals surface area contributed by atoms with Crippen molar-refractivity contribution < 1.29 is 19.1 Å². The molecule has 1 aliphatic heterocycles. The molecule has 0 saturated carbocycles. The van der Waals surface area contributed by atoms with Crippen molar-refractivity contribution in [3.63, 3.8) is 0 Å². The zero-order valence-electron chi connectivity index (χ0n) is 12.2. The third kappa shape index (κ3) is 4.11. The Labute approximate surface area is 127 Å². The van der Waals surface area contributed by atoms with Gasteiger partial charge in [-0.3, -0.25) is 10.1 Å². The number of ether oxygens (including phenoxy) is 1. The van der Waals surface area contributed by atoms with Crippen molar-refractivity contribution in [2.45, 2.75) is 19.5 Å². The summed E-state index contributed by atoms with van der Waals surface area (Å²) in [6.07, 6.45) is -0.326. The van der Waals surface area contributed by atoms with Gasteiger partial charge in [0.05, 0.1) is 6.54 Å². The summed E-state index contributed by atoms with van der Waals surface area (Å²) in [5.74, 6) is -0.513. The van der Waals surface area contributed by atoms with Crippen LogP contribution in [0.3, 0.4) is 0 Å². The van der Waals surface area contributed by atoms with Crippen LogP contribution >= 0.6 is 0 Å². The molecule has 1 saturated heterocycles. The average molecular weight is 306 g/mol. The fourth-order valence-corrected chi connectivity index (χ4v) is 2.09. The molecular weight excluding hydrogens is 288 g/mol. The number of imide groups is 1. The van der Waals surface area contributed by atoms with E-state index >= 15 is 0 Å². The van der Waals surface area contributed by atoms with Crippen LogP contribution in [-0.4, -0.2) is 42.1 Å². The number of benzene rings is 1. The van der Waals surface area contributed by atoms with Crippen molar-refractivity contribution in [3.8, 4) is 0 Å². The Balaban J connectivity index is 1.97. The number of amides is 4. The largest absolute Gasteiger partial charge is 0.448 e. The highest BCUT2D eigenvalue weighted by Crippen LogP contribution is 2.15. The molecular formula is C14H18N4O4. The number of nitrogens with one attached hydrogen (secondary N) is 2. The first kappa shape index (κ1) is 15.6. The standard InChI is InChI=1S/C14H18N4O4/c1-9(12(19)17-13(15)20)16-11-4-2-3-10(7-11)8-18-5-6-22-14(18)21/h2-4,7,9,16H,5-6,8H2,1H3,(H3,15,17,19,20)/t9-/m1/s1. The Hall–Kier alpha value is -2.77. The smallest absolute Gasteiger partial charge is 0.410 e. The SMILES string of the molecule is C[C@@H](Nc1cccc(CN2CCOC2=O)c1)C(=O)NC(N)=O. The highest BCUT2D eigenvalue weighted by molar-refractivity contribution is 5.97. The van der Waals surface area contributed by atoms with Crippen molar-refractivity contribution in [3.05, 3.63) is 29.8 Å². The van der Waals surface area contributed by atoms with E-state index in [1.165, 1.54) is 0 Å². The molecule has 8 nitrogen and oxygen atoms in total. The topological polar surface area (TPSA) is 114 Å². The quantitative estimate of drug-likeness (QED) is 0.738. The molecule has 0 aromatic heterocycles. The number of primary amides is 1. The Morgan fingerprint density at radius 3 is 2.86 bits per heavy atom. The van der Waals surface area contributed by atoms with Crippen LogP contribution in [0.4, 0.5) is 15.3 Å². The summed E-state index contributed by atoms with van der Waals surface area (Å²) in [4.78, 5) is 35.3. The summed E-state index contributed by atoms with van der Waals surface area (Å²) in [6.45, 7) is 3.02. The maximum Gasteiger partial charge on any atom is 0.410 e. The van der Waals surface area contributed by atoms with E-state index in [9.17, 15) is 14.4 Å². The van der Waals surface area contributed by atoms with E-state index in [-0.39, 0.29) is 6.09 Å². The Morgan fingerprint density at radius 2 is 2.23 bits per heavy atom. The van der Waals surface area contributed by atoms with Crippen LogP contribution < -0.4 is 16.4 Å². The molecule has 0 unspecified atom stereocenters. The van der Waals surface area contributed by atoms with Crippen molar-refractivity contribution in [1.29, 1.82) is 0 Å². The van der Waals surface area contributed by atoms with Crippen LogP contribution in [0, 0.1) is 0 Å². The van der Waals surface area contributed by atoms with Gasteiger partial charge in [-0.2, -0.15) is 0 Å². The second kappa shape index (κ2) is 6.79. The first-order valence-electron chi connectivity index (χ1n) is 6.83. The van der Waals surface area contributed by atoms with Crippen molar-refractivity contribution >= 4 is 23.7 Å². The van der Waals surface area contributed by atoms with E-state index < -0.39 is 18.0 Å². The number of anilines is 1. The zero-order chi connectivity index (χ0) is 16.1. The minimum absolute atomic E-state index is 0.326. The van der Waals surface area contributed by atoms with Gasteiger partial charge >= 0.3 is 12.1 Å². The van der Waals surface area contributed by atoms with Gasteiger partial charge in [0.25, 0.3) is 0 Å². The van der Waals surface area contributed by atoms with Gasteiger partial charge in [0.15, 0.2) is 0 Å². The highest BCUT2D eigenvalue weighted by Gasteiger charge is 2.22. The van der Waals surface area contributed by atoms with E-state index in [0.29, 0.717) is 25.4 Å². The summed E-state index contributed by atoms with van der Waals surface area (Å²) in [5.41, 5.74) is 6.52. The predicted molar refractivity (Wildman–Crippen MR) is 79.0 cm³/mol. The number of nitrogens with zero attached hydrogens (tertiary/aromatic N) is 1. The molecule has 1 atom stereocenters. The Bertz CT molecular complexity index is 590. The Kier molecular flexibility index (Phi) is 4.82. The molecule has 0 radical (unpaired) electrons. The van der Waals surface area contributed by atoms with Gasteiger partial charge < -0.3 is 20.7 Å². The molecule has 0 aliphatic carbocycles. The summed E-state index contributed by atoms with van der Waals surface area (Å²) >= 11 is 0. The Morgan fingerprint density at radius 1 is 1.45 bits per heavy atom. The maximum absolute atomic E-state index is 11.6. The molecule has 1 heterocycles. The lowest BCUT2D eigenvalue weighted by atomic mass is 10.1. The molecule has 1 aromatic carbocycles. The molecule has 1 fully saturated rings. The lowest BCUT2D eigenvalue weighted by Crippen LogP contribution is -2.43. The fourth-order valence-electron chi connectivity index (χ4n) is 2.09. The second-order valence-electron chi connectivity index (χ2n) is 4.96. The monoisotopic (exact) mass is 306 g/mol. The molecule has 0 spiro atoms. The molecule has 2 rings (SSSR count). The number of cyclic esters (lactones) is 1. The molecule has 22 heavy (non-hydrogen) atoms. The average Bonchev–Trinajstić information content (AvgIpc) is 2.84. The van der Waals surface area contributed by atoms with Gasteiger partial charge in [0, 0.05) is 12.2 Å². The minimum Gasteiger partial charge on any atom is -0.448 e. The maximum atomic E-state index is 11.6. The van der Waals surface area contributed by atoms with Crippen LogP contribution in [0.1, 0.15) is 12.5 Å². The summed E-state index contributed by atoms with van der Waals surface area (Å²) in [7, 11) is 0. The van der Waals surface area contributed by atoms with Crippen LogP contribution in [0.25, 0.3) is 0 Å². The number of urea groups is 1. The molecule has 4 amide bonds. The van der Waals surface area contributed by atoms with Crippen LogP contribution in [0.2, 0.25) is 0 Å². The van der Waals surface area contributed by atoms with Crippen LogP contribution in [0.15, 0.2) is 24.3 Å².